The van der Waals surface area contributed by atoms with Gasteiger partial charge in [0.05, 0.1) is 12.7 Å². The third kappa shape index (κ3) is 3.56. The molecule has 7 nitrogen and oxygen atoms in total. The fourth-order valence-corrected chi connectivity index (χ4v) is 2.99. The van der Waals surface area contributed by atoms with Crippen LogP contribution < -0.4 is 10.6 Å². The summed E-state index contributed by atoms with van der Waals surface area (Å²) in [7, 11) is 0. The van der Waals surface area contributed by atoms with E-state index >= 15 is 0 Å². The normalized spacial score (nSPS) is 23.2. The van der Waals surface area contributed by atoms with Gasteiger partial charge in [0.1, 0.15) is 27.8 Å². The van der Waals surface area contributed by atoms with Gasteiger partial charge in [0, 0.05) is 24.4 Å². The average Bonchev–Trinajstić information content (AvgIpc) is 3.01. The summed E-state index contributed by atoms with van der Waals surface area (Å²) < 4.78 is 18.2. The second-order valence-electron chi connectivity index (χ2n) is 5.50. The van der Waals surface area contributed by atoms with Gasteiger partial charge in [-0.15, -0.1) is 5.10 Å². The van der Waals surface area contributed by atoms with Crippen LogP contribution in [0.3, 0.4) is 0 Å². The first kappa shape index (κ1) is 16.0. The number of alkyl halides is 1. The second kappa shape index (κ2) is 6.32. The first-order valence-corrected chi connectivity index (χ1v) is 8.10. The average molecular weight is 357 g/mol. The summed E-state index contributed by atoms with van der Waals surface area (Å²) in [6.45, 7) is 1.87. The van der Waals surface area contributed by atoms with E-state index in [1.807, 2.05) is 0 Å². The molecule has 2 N–H and O–H groups in total. The molecule has 0 spiro atoms. The van der Waals surface area contributed by atoms with Gasteiger partial charge in [-0.1, -0.05) is 16.1 Å². The molecule has 122 valence electrons. The lowest BCUT2D eigenvalue weighted by Crippen LogP contribution is -2.55. The van der Waals surface area contributed by atoms with Crippen LogP contribution in [0.25, 0.3) is 0 Å². The van der Waals surface area contributed by atoms with Crippen LogP contribution in [0.15, 0.2) is 12.5 Å². The van der Waals surface area contributed by atoms with Crippen LogP contribution in [-0.2, 0) is 0 Å². The van der Waals surface area contributed by atoms with Gasteiger partial charge in [-0.3, -0.25) is 4.79 Å². The number of hydrogen-bond acceptors (Lipinski definition) is 7. The summed E-state index contributed by atoms with van der Waals surface area (Å²) >= 11 is 6.91. The lowest BCUT2D eigenvalue weighted by Gasteiger charge is -2.41. The van der Waals surface area contributed by atoms with Crippen LogP contribution in [0.1, 0.15) is 28.1 Å². The van der Waals surface area contributed by atoms with Crippen LogP contribution in [0, 0.1) is 6.92 Å². The molecular weight excluding hydrogens is 343 g/mol. The zero-order valence-electron chi connectivity index (χ0n) is 12.2. The molecule has 10 heteroatoms. The highest BCUT2D eigenvalue weighted by atomic mass is 35.5. The zero-order valence-corrected chi connectivity index (χ0v) is 13.8. The van der Waals surface area contributed by atoms with Crippen LogP contribution in [0.4, 0.5) is 10.2 Å². The molecule has 1 aliphatic rings. The van der Waals surface area contributed by atoms with Crippen LogP contribution in [0.2, 0.25) is 5.15 Å². The number of nitrogens with zero attached hydrogens (tertiary/aromatic N) is 4. The largest absolute Gasteiger partial charge is 0.366 e. The number of nitrogens with one attached hydrogen (secondary N) is 2. The Morgan fingerprint density at radius 2 is 2.30 bits per heavy atom. The van der Waals surface area contributed by atoms with Gasteiger partial charge in [0.15, 0.2) is 0 Å². The van der Waals surface area contributed by atoms with Gasteiger partial charge in [0.2, 0.25) is 0 Å². The standard InChI is InChI=1S/C13H14ClFN6OS/c1-7-10(14)17-6-18-11(7)16-5-13(15)2-8(3-13)20-12(22)9-4-19-21-23-9/h4,6,8H,2-3,5H2,1H3,(H,20,22)(H,16,17,18). The van der Waals surface area contributed by atoms with Gasteiger partial charge in [-0.2, -0.15) is 0 Å². The molecule has 0 unspecified atom stereocenters. The number of carbonyl (C=O) groups is 1. The van der Waals surface area contributed by atoms with Crippen molar-refractivity contribution in [2.75, 3.05) is 11.9 Å². The highest BCUT2D eigenvalue weighted by molar-refractivity contribution is 7.07. The number of hydrogen-bond donors (Lipinski definition) is 2. The molecule has 2 aromatic rings. The van der Waals surface area contributed by atoms with Crippen molar-refractivity contribution in [3.8, 4) is 0 Å². The van der Waals surface area contributed by atoms with Crippen molar-refractivity contribution in [1.82, 2.24) is 24.9 Å². The predicted octanol–water partition coefficient (Wildman–Crippen LogP) is 2.00. The molecule has 1 amide bonds. The summed E-state index contributed by atoms with van der Waals surface area (Å²) in [5, 5.41) is 9.67. The maximum atomic E-state index is 14.6. The molecule has 0 atom stereocenters. The van der Waals surface area contributed by atoms with Gasteiger partial charge >= 0.3 is 0 Å². The Hall–Kier alpha value is -1.87. The van der Waals surface area contributed by atoms with Gasteiger partial charge in [-0.25, -0.2) is 14.4 Å². The third-order valence-electron chi connectivity index (χ3n) is 3.74. The Bertz CT molecular complexity index is 706. The van der Waals surface area contributed by atoms with Crippen LogP contribution in [-0.4, -0.2) is 43.7 Å². The number of rotatable bonds is 5. The second-order valence-corrected chi connectivity index (χ2v) is 6.65. The quantitative estimate of drug-likeness (QED) is 0.796. The van der Waals surface area contributed by atoms with Crippen molar-refractivity contribution in [2.24, 2.45) is 0 Å². The Balaban J connectivity index is 1.49. The molecule has 0 bridgehead atoms. The van der Waals surface area contributed by atoms with Gasteiger partial charge < -0.3 is 10.6 Å². The number of amides is 1. The summed E-state index contributed by atoms with van der Waals surface area (Å²) in [5.74, 6) is 0.253. The molecule has 23 heavy (non-hydrogen) atoms. The smallest absolute Gasteiger partial charge is 0.264 e. The molecule has 0 aromatic carbocycles. The summed E-state index contributed by atoms with van der Waals surface area (Å²) in [6.07, 6.45) is 3.21. The lowest BCUT2D eigenvalue weighted by molar-refractivity contribution is 0.0395. The number of aromatic nitrogens is 4. The highest BCUT2D eigenvalue weighted by Gasteiger charge is 2.45. The Kier molecular flexibility index (Phi) is 4.40. The van der Waals surface area contributed by atoms with E-state index in [1.165, 1.54) is 12.5 Å². The molecule has 2 heterocycles. The van der Waals surface area contributed by atoms with E-state index in [-0.39, 0.29) is 31.3 Å². The van der Waals surface area contributed by atoms with Crippen molar-refractivity contribution < 1.29 is 9.18 Å². The molecule has 1 fully saturated rings. The summed E-state index contributed by atoms with van der Waals surface area (Å²) in [5.41, 5.74) is -0.701. The fraction of sp³-hybridized carbons (Fsp3) is 0.462. The first-order valence-electron chi connectivity index (χ1n) is 6.95. The van der Waals surface area contributed by atoms with E-state index in [0.717, 1.165) is 11.5 Å². The van der Waals surface area contributed by atoms with Crippen molar-refractivity contribution in [3.63, 3.8) is 0 Å². The van der Waals surface area contributed by atoms with E-state index in [0.29, 0.717) is 21.4 Å². The number of anilines is 1. The number of halogens is 2. The first-order chi connectivity index (χ1) is 11.0. The Labute approximate surface area is 140 Å². The van der Waals surface area contributed by atoms with Crippen molar-refractivity contribution in [3.05, 3.63) is 28.1 Å². The minimum atomic E-state index is -1.38. The van der Waals surface area contributed by atoms with Crippen LogP contribution in [0.5, 0.6) is 0 Å². The van der Waals surface area contributed by atoms with E-state index in [4.69, 9.17) is 11.6 Å². The SMILES string of the molecule is Cc1c(Cl)ncnc1NCC1(F)CC(NC(=O)c2cnns2)C1. The highest BCUT2D eigenvalue weighted by Crippen LogP contribution is 2.36. The summed E-state index contributed by atoms with van der Waals surface area (Å²) in [4.78, 5) is 20.2. The molecule has 1 saturated carbocycles. The minimum absolute atomic E-state index is 0.107. The minimum Gasteiger partial charge on any atom is -0.366 e. The number of carbonyl (C=O) groups excluding carboxylic acids is 1. The predicted molar refractivity (Wildman–Crippen MR) is 84.5 cm³/mol. The Morgan fingerprint density at radius 3 is 3.00 bits per heavy atom. The molecule has 3 rings (SSSR count). The van der Waals surface area contributed by atoms with E-state index < -0.39 is 5.67 Å². The van der Waals surface area contributed by atoms with Crippen molar-refractivity contribution in [1.29, 1.82) is 0 Å². The van der Waals surface area contributed by atoms with E-state index in [1.54, 1.807) is 6.92 Å². The third-order valence-corrected chi connectivity index (χ3v) is 4.78. The van der Waals surface area contributed by atoms with Gasteiger partial charge in [-0.05, 0) is 18.5 Å². The maximum absolute atomic E-state index is 14.6. The molecule has 0 saturated heterocycles. The monoisotopic (exact) mass is 356 g/mol. The lowest BCUT2D eigenvalue weighted by atomic mass is 9.77. The topological polar surface area (TPSA) is 92.7 Å². The van der Waals surface area contributed by atoms with Crippen LogP contribution >= 0.6 is 23.1 Å². The molecule has 0 aliphatic heterocycles. The molecule has 0 radical (unpaired) electrons. The van der Waals surface area contributed by atoms with Gasteiger partial charge in [0.25, 0.3) is 5.91 Å². The van der Waals surface area contributed by atoms with E-state index in [2.05, 4.69) is 30.2 Å². The maximum Gasteiger partial charge on any atom is 0.264 e. The Morgan fingerprint density at radius 1 is 1.52 bits per heavy atom. The fourth-order valence-electron chi connectivity index (χ4n) is 2.44. The molecule has 2 aromatic heterocycles. The molecular formula is C13H14ClFN6OS. The molecule has 1 aliphatic carbocycles. The van der Waals surface area contributed by atoms with E-state index in [9.17, 15) is 9.18 Å². The van der Waals surface area contributed by atoms with Crippen molar-refractivity contribution in [2.45, 2.75) is 31.5 Å². The van der Waals surface area contributed by atoms with Crippen molar-refractivity contribution >= 4 is 34.9 Å². The summed E-state index contributed by atoms with van der Waals surface area (Å²) in [6, 6.07) is -0.188. The zero-order chi connectivity index (χ0) is 16.4.